The van der Waals surface area contributed by atoms with Crippen LogP contribution in [0.3, 0.4) is 0 Å². The third kappa shape index (κ3) is 2.87. The number of phenolic OH excluding ortho intramolecular Hbond substituents is 1. The predicted octanol–water partition coefficient (Wildman–Crippen LogP) is 3.58. The second kappa shape index (κ2) is 5.04. The Kier molecular flexibility index (Phi) is 3.94. The Balaban J connectivity index is 3.34. The Morgan fingerprint density at radius 3 is 2.18 bits per heavy atom. The highest BCUT2D eigenvalue weighted by molar-refractivity contribution is 5.74. The number of aromatic hydroxyl groups is 1. The summed E-state index contributed by atoms with van der Waals surface area (Å²) < 4.78 is 12.9. The quantitative estimate of drug-likeness (QED) is 0.770. The first-order valence-corrected chi connectivity index (χ1v) is 5.44. The van der Waals surface area contributed by atoms with Gasteiger partial charge in [-0.1, -0.05) is 0 Å². The van der Waals surface area contributed by atoms with Crippen LogP contribution in [0.25, 0.3) is 5.57 Å². The van der Waals surface area contributed by atoms with Crippen LogP contribution < -0.4 is 5.73 Å². The molecule has 3 heteroatoms. The van der Waals surface area contributed by atoms with E-state index in [1.807, 2.05) is 27.7 Å². The van der Waals surface area contributed by atoms with Gasteiger partial charge in [-0.05, 0) is 56.5 Å². The summed E-state index contributed by atoms with van der Waals surface area (Å²) >= 11 is 0. The van der Waals surface area contributed by atoms with Gasteiger partial charge in [0.1, 0.15) is 11.6 Å². The molecule has 0 fully saturated rings. The lowest BCUT2D eigenvalue weighted by Crippen LogP contribution is -1.98. The summed E-state index contributed by atoms with van der Waals surface area (Å²) in [5.74, 6) is -0.497. The van der Waals surface area contributed by atoms with E-state index in [-0.39, 0.29) is 5.75 Å². The van der Waals surface area contributed by atoms with Gasteiger partial charge in [0, 0.05) is 17.3 Å². The average molecular weight is 235 g/mol. The monoisotopic (exact) mass is 235 g/mol. The lowest BCUT2D eigenvalue weighted by atomic mass is 9.96. The minimum Gasteiger partial charge on any atom is -0.507 e. The molecule has 0 atom stereocenters. The molecular formula is C14H18FNO. The number of rotatable bonds is 2. The summed E-state index contributed by atoms with van der Waals surface area (Å²) in [6, 6.07) is 4.02. The number of allylic oxidation sites excluding steroid dienone is 4. The minimum atomic E-state index is -0.445. The third-order valence-electron chi connectivity index (χ3n) is 3.08. The fourth-order valence-corrected chi connectivity index (χ4v) is 1.60. The van der Waals surface area contributed by atoms with Gasteiger partial charge in [0.15, 0.2) is 0 Å². The maximum absolute atomic E-state index is 12.9. The molecule has 3 N–H and O–H groups in total. The molecule has 0 aromatic heterocycles. The largest absolute Gasteiger partial charge is 0.507 e. The molecule has 0 saturated heterocycles. The van der Waals surface area contributed by atoms with Gasteiger partial charge in [0.25, 0.3) is 0 Å². The van der Waals surface area contributed by atoms with E-state index >= 15 is 0 Å². The van der Waals surface area contributed by atoms with Gasteiger partial charge in [0.05, 0.1) is 0 Å². The third-order valence-corrected chi connectivity index (χ3v) is 3.08. The molecule has 0 aliphatic carbocycles. The summed E-state index contributed by atoms with van der Waals surface area (Å²) in [7, 11) is 0. The van der Waals surface area contributed by atoms with Gasteiger partial charge in [-0.25, -0.2) is 4.39 Å². The van der Waals surface area contributed by atoms with E-state index in [0.717, 1.165) is 28.5 Å². The first kappa shape index (κ1) is 13.3. The molecule has 0 aliphatic heterocycles. The van der Waals surface area contributed by atoms with Crippen LogP contribution in [0.5, 0.6) is 5.75 Å². The van der Waals surface area contributed by atoms with Crippen LogP contribution in [0.1, 0.15) is 33.3 Å². The molecule has 0 amide bonds. The Bertz CT molecular complexity index is 497. The van der Waals surface area contributed by atoms with Crippen molar-refractivity contribution in [1.29, 1.82) is 0 Å². The summed E-state index contributed by atoms with van der Waals surface area (Å²) in [5, 5.41) is 9.71. The average Bonchev–Trinajstić information content (AvgIpc) is 2.26. The molecule has 0 unspecified atom stereocenters. The van der Waals surface area contributed by atoms with Crippen molar-refractivity contribution in [1.82, 2.24) is 0 Å². The molecule has 0 saturated carbocycles. The molecule has 1 aromatic rings. The lowest BCUT2D eigenvalue weighted by molar-refractivity contribution is 0.467. The maximum atomic E-state index is 12.9. The molecule has 0 heterocycles. The fourth-order valence-electron chi connectivity index (χ4n) is 1.60. The number of phenols is 1. The summed E-state index contributed by atoms with van der Waals surface area (Å²) in [5.41, 5.74) is 9.97. The normalized spacial score (nSPS) is 14.2. The summed E-state index contributed by atoms with van der Waals surface area (Å²) in [4.78, 5) is 0. The second-order valence-electron chi connectivity index (χ2n) is 4.22. The Hall–Kier alpha value is -1.77. The van der Waals surface area contributed by atoms with E-state index in [0.29, 0.717) is 5.56 Å². The van der Waals surface area contributed by atoms with Gasteiger partial charge in [-0.15, -0.1) is 0 Å². The van der Waals surface area contributed by atoms with Crippen LogP contribution >= 0.6 is 0 Å². The van der Waals surface area contributed by atoms with Crippen LogP contribution in [0.4, 0.5) is 4.39 Å². The summed E-state index contributed by atoms with van der Waals surface area (Å²) in [6.45, 7) is 7.57. The fraction of sp³-hybridized carbons (Fsp3) is 0.286. The van der Waals surface area contributed by atoms with Crippen LogP contribution in [-0.2, 0) is 0 Å². The van der Waals surface area contributed by atoms with Crippen LogP contribution in [0.15, 0.2) is 35.0 Å². The zero-order chi connectivity index (χ0) is 13.2. The second-order valence-corrected chi connectivity index (χ2v) is 4.22. The molecule has 0 aliphatic rings. The van der Waals surface area contributed by atoms with E-state index in [4.69, 9.17) is 5.73 Å². The highest BCUT2D eigenvalue weighted by Crippen LogP contribution is 2.30. The molecule has 0 spiro atoms. The highest BCUT2D eigenvalue weighted by Gasteiger charge is 2.09. The van der Waals surface area contributed by atoms with Crippen molar-refractivity contribution in [3.63, 3.8) is 0 Å². The topological polar surface area (TPSA) is 46.2 Å². The molecule has 0 bridgehead atoms. The van der Waals surface area contributed by atoms with E-state index in [1.54, 1.807) is 6.07 Å². The van der Waals surface area contributed by atoms with Crippen LogP contribution in [-0.4, -0.2) is 5.11 Å². The molecule has 1 rings (SSSR count). The number of halogens is 1. The molecular weight excluding hydrogens is 217 g/mol. The minimum absolute atomic E-state index is 0.0516. The van der Waals surface area contributed by atoms with Gasteiger partial charge >= 0.3 is 0 Å². The first-order chi connectivity index (χ1) is 7.84. The zero-order valence-electron chi connectivity index (χ0n) is 10.6. The van der Waals surface area contributed by atoms with Crippen molar-refractivity contribution in [2.24, 2.45) is 5.73 Å². The molecule has 1 aromatic carbocycles. The van der Waals surface area contributed by atoms with Crippen molar-refractivity contribution in [3.8, 4) is 5.75 Å². The van der Waals surface area contributed by atoms with Crippen molar-refractivity contribution >= 4 is 5.57 Å². The van der Waals surface area contributed by atoms with Gasteiger partial charge in [-0.3, -0.25) is 0 Å². The number of benzene rings is 1. The van der Waals surface area contributed by atoms with Crippen molar-refractivity contribution in [3.05, 3.63) is 46.4 Å². The van der Waals surface area contributed by atoms with Crippen molar-refractivity contribution in [2.45, 2.75) is 27.7 Å². The predicted molar refractivity (Wildman–Crippen MR) is 68.9 cm³/mol. The lowest BCUT2D eigenvalue weighted by Gasteiger charge is -2.11. The molecule has 92 valence electrons. The molecule has 2 nitrogen and oxygen atoms in total. The van der Waals surface area contributed by atoms with Gasteiger partial charge in [0.2, 0.25) is 0 Å². The van der Waals surface area contributed by atoms with E-state index < -0.39 is 5.82 Å². The Morgan fingerprint density at radius 2 is 1.71 bits per heavy atom. The summed E-state index contributed by atoms with van der Waals surface area (Å²) in [6.07, 6.45) is 0. The van der Waals surface area contributed by atoms with Gasteiger partial charge in [-0.2, -0.15) is 0 Å². The maximum Gasteiger partial charge on any atom is 0.126 e. The van der Waals surface area contributed by atoms with Crippen molar-refractivity contribution in [2.75, 3.05) is 0 Å². The van der Waals surface area contributed by atoms with Crippen LogP contribution in [0, 0.1) is 5.82 Å². The van der Waals surface area contributed by atoms with Crippen molar-refractivity contribution < 1.29 is 9.50 Å². The van der Waals surface area contributed by atoms with Crippen LogP contribution in [0.2, 0.25) is 0 Å². The molecule has 0 radical (unpaired) electrons. The highest BCUT2D eigenvalue weighted by atomic mass is 19.1. The number of nitrogens with two attached hydrogens (primary N) is 1. The SMILES string of the molecule is C/C(N)=C(C)/C(C)=C(\C)c1ccc(F)cc1O. The van der Waals surface area contributed by atoms with Gasteiger partial charge < -0.3 is 10.8 Å². The number of hydrogen-bond donors (Lipinski definition) is 2. The van der Waals surface area contributed by atoms with E-state index in [2.05, 4.69) is 0 Å². The Labute approximate surface area is 101 Å². The van der Waals surface area contributed by atoms with E-state index in [9.17, 15) is 9.50 Å². The standard InChI is InChI=1S/C14H18FNO/c1-8(9(2)11(4)16)10(3)13-6-5-12(15)7-14(13)17/h5-7,17H,16H2,1-4H3/b10-8+,11-9-. The van der Waals surface area contributed by atoms with E-state index in [1.165, 1.54) is 6.07 Å². The first-order valence-electron chi connectivity index (χ1n) is 5.44. The smallest absolute Gasteiger partial charge is 0.126 e. The Morgan fingerprint density at radius 1 is 1.12 bits per heavy atom. The number of hydrogen-bond acceptors (Lipinski definition) is 2. The zero-order valence-corrected chi connectivity index (χ0v) is 10.6. The molecule has 17 heavy (non-hydrogen) atoms.